The zero-order valence-corrected chi connectivity index (χ0v) is 28.0. The summed E-state index contributed by atoms with van der Waals surface area (Å²) in [5.41, 5.74) is 0.555. The maximum Gasteiger partial charge on any atom is 0.437 e. The third kappa shape index (κ3) is 10.1. The third-order valence-corrected chi connectivity index (χ3v) is 7.49. The lowest BCUT2D eigenvalue weighted by molar-refractivity contribution is 0.0553. The van der Waals surface area contributed by atoms with E-state index in [1.54, 1.807) is 46.4 Å². The monoisotopic (exact) mass is 622 g/mol. The fourth-order valence-electron chi connectivity index (χ4n) is 5.47. The summed E-state index contributed by atoms with van der Waals surface area (Å²) in [6, 6.07) is 7.94. The molecular weight excluding hydrogens is 572 g/mol. The molecule has 11 nitrogen and oxygen atoms in total. The molecule has 1 fully saturated rings. The second-order valence-corrected chi connectivity index (χ2v) is 13.8. The molecule has 0 bridgehead atoms. The van der Waals surface area contributed by atoms with Crippen LogP contribution in [-0.4, -0.2) is 55.5 Å². The average molecular weight is 623 g/mol. The molecule has 2 aromatic heterocycles. The first-order valence-corrected chi connectivity index (χ1v) is 16.3. The molecule has 1 aliphatic rings. The minimum atomic E-state index is -0.822. The van der Waals surface area contributed by atoms with Crippen LogP contribution in [0.1, 0.15) is 118 Å². The number of likely N-dealkylation sites (tertiary alicyclic amines) is 1. The van der Waals surface area contributed by atoms with Crippen LogP contribution in [-0.2, 0) is 16.0 Å². The molecule has 0 unspecified atom stereocenters. The van der Waals surface area contributed by atoms with Gasteiger partial charge < -0.3 is 23.5 Å². The summed E-state index contributed by atoms with van der Waals surface area (Å²) in [4.78, 5) is 36.0. The van der Waals surface area contributed by atoms with Gasteiger partial charge >= 0.3 is 12.2 Å². The maximum absolute atomic E-state index is 12.7. The molecule has 0 spiro atoms. The molecule has 3 heterocycles. The number of amides is 2. The van der Waals surface area contributed by atoms with Gasteiger partial charge in [0.05, 0.1) is 0 Å². The number of rotatable bonds is 10. The van der Waals surface area contributed by atoms with Gasteiger partial charge in [-0.2, -0.15) is 4.98 Å². The number of hydrogen-bond acceptors (Lipinski definition) is 7. The van der Waals surface area contributed by atoms with Gasteiger partial charge in [0.1, 0.15) is 17.2 Å². The molecule has 0 saturated carbocycles. The number of aryl methyl sites for hydroxylation is 1. The summed E-state index contributed by atoms with van der Waals surface area (Å²) in [7, 11) is 0. The minimum absolute atomic E-state index is 0.0180. The van der Waals surface area contributed by atoms with Gasteiger partial charge in [-0.1, -0.05) is 50.6 Å². The molecule has 1 saturated heterocycles. The topological polar surface area (TPSA) is 124 Å². The minimum Gasteiger partial charge on any atom is -0.444 e. The van der Waals surface area contributed by atoms with E-state index in [9.17, 15) is 9.59 Å². The van der Waals surface area contributed by atoms with Crippen molar-refractivity contribution in [2.75, 3.05) is 6.54 Å². The zero-order valence-electron chi connectivity index (χ0n) is 28.0. The van der Waals surface area contributed by atoms with E-state index < -0.39 is 29.4 Å². The molecular formula is C34H50N6O5. The van der Waals surface area contributed by atoms with E-state index in [1.807, 2.05) is 6.07 Å². The van der Waals surface area contributed by atoms with Gasteiger partial charge in [-0.15, -0.1) is 4.99 Å². The summed E-state index contributed by atoms with van der Waals surface area (Å²) in [6.07, 6.45) is 11.0. The Morgan fingerprint density at radius 2 is 1.71 bits per heavy atom. The van der Waals surface area contributed by atoms with E-state index in [4.69, 9.17) is 19.0 Å². The van der Waals surface area contributed by atoms with Crippen LogP contribution >= 0.6 is 0 Å². The Kier molecular flexibility index (Phi) is 11.3. The van der Waals surface area contributed by atoms with Crippen LogP contribution in [0.5, 0.6) is 0 Å². The largest absolute Gasteiger partial charge is 0.444 e. The average Bonchev–Trinajstić information content (AvgIpc) is 3.69. The SMILES string of the molecule is CCCCCCCCCn1ccc2cc(-c3noc([C@@H]4CCCN4/C(=N\C(=O)OC(C)(C)C)NC(=O)OC(C)(C)C)n3)ccc21. The summed E-state index contributed by atoms with van der Waals surface area (Å²) in [5, 5.41) is 8.05. The molecule has 4 rings (SSSR count). The highest BCUT2D eigenvalue weighted by molar-refractivity contribution is 5.99. The van der Waals surface area contributed by atoms with Gasteiger partial charge in [-0.3, -0.25) is 5.32 Å². The van der Waals surface area contributed by atoms with Crippen LogP contribution in [0.15, 0.2) is 40.0 Å². The number of guanidine groups is 1. The number of fused-ring (bicyclic) bond motifs is 1. The zero-order chi connectivity index (χ0) is 32.6. The van der Waals surface area contributed by atoms with Crippen molar-refractivity contribution in [2.45, 2.75) is 130 Å². The summed E-state index contributed by atoms with van der Waals surface area (Å²) >= 11 is 0. The Morgan fingerprint density at radius 1 is 1.00 bits per heavy atom. The molecule has 1 aliphatic heterocycles. The number of carbonyl (C=O) groups excluding carboxylic acids is 2. The standard InChI is InChI=1S/C34H50N6O5/c1-8-9-10-11-12-13-14-20-39-22-19-24-23-25(17-18-26(24)39)28-35-29(45-38-28)27-16-15-21-40(27)30(36-31(41)43-33(2,3)4)37-32(42)44-34(5,6)7/h17-19,22-23,27H,8-16,20-21H2,1-7H3,(H,36,37,41,42)/t27-/m0/s1. The van der Waals surface area contributed by atoms with Crippen LogP contribution in [0.4, 0.5) is 9.59 Å². The molecule has 1 aromatic carbocycles. The van der Waals surface area contributed by atoms with E-state index in [0.717, 1.165) is 23.9 Å². The number of alkyl carbamates (subject to hydrolysis) is 1. The Hall–Kier alpha value is -3.89. The van der Waals surface area contributed by atoms with Crippen molar-refractivity contribution in [3.05, 3.63) is 36.4 Å². The van der Waals surface area contributed by atoms with Gasteiger partial charge in [0, 0.05) is 35.8 Å². The van der Waals surface area contributed by atoms with Crippen LogP contribution in [0, 0.1) is 0 Å². The predicted octanol–water partition coefficient (Wildman–Crippen LogP) is 8.39. The summed E-state index contributed by atoms with van der Waals surface area (Å²) in [6.45, 7) is 14.3. The van der Waals surface area contributed by atoms with E-state index in [1.165, 1.54) is 50.5 Å². The third-order valence-electron chi connectivity index (χ3n) is 7.49. The van der Waals surface area contributed by atoms with Crippen molar-refractivity contribution in [1.29, 1.82) is 0 Å². The maximum atomic E-state index is 12.7. The highest BCUT2D eigenvalue weighted by Crippen LogP contribution is 2.33. The van der Waals surface area contributed by atoms with Gasteiger partial charge in [-0.05, 0) is 85.1 Å². The smallest absolute Gasteiger partial charge is 0.437 e. The van der Waals surface area contributed by atoms with E-state index in [0.29, 0.717) is 24.7 Å². The van der Waals surface area contributed by atoms with Crippen molar-refractivity contribution >= 4 is 29.0 Å². The summed E-state index contributed by atoms with van der Waals surface area (Å²) < 4.78 is 18.9. The molecule has 0 aliphatic carbocycles. The number of nitrogens with one attached hydrogen (secondary N) is 1. The van der Waals surface area contributed by atoms with Crippen molar-refractivity contribution in [2.24, 2.45) is 4.99 Å². The van der Waals surface area contributed by atoms with Crippen LogP contribution in [0.2, 0.25) is 0 Å². The Bertz CT molecular complexity index is 1460. The van der Waals surface area contributed by atoms with Crippen LogP contribution in [0.25, 0.3) is 22.3 Å². The number of aliphatic imine (C=N–C) groups is 1. The quantitative estimate of drug-likeness (QED) is 0.136. The second kappa shape index (κ2) is 14.9. The fraction of sp³-hybridized carbons (Fsp3) is 0.618. The predicted molar refractivity (Wildman–Crippen MR) is 175 cm³/mol. The lowest BCUT2D eigenvalue weighted by Gasteiger charge is -2.27. The first-order chi connectivity index (χ1) is 21.3. The van der Waals surface area contributed by atoms with Crippen molar-refractivity contribution in [3.63, 3.8) is 0 Å². The number of carbonyl (C=O) groups is 2. The lowest BCUT2D eigenvalue weighted by Crippen LogP contribution is -2.46. The Balaban J connectivity index is 1.48. The molecule has 0 radical (unpaired) electrons. The van der Waals surface area contributed by atoms with E-state index >= 15 is 0 Å². The highest BCUT2D eigenvalue weighted by Gasteiger charge is 2.35. The van der Waals surface area contributed by atoms with Crippen LogP contribution in [0.3, 0.4) is 0 Å². The number of ether oxygens (including phenoxy) is 2. The number of hydrogen-bond donors (Lipinski definition) is 1. The number of nitrogens with zero attached hydrogens (tertiary/aromatic N) is 5. The molecule has 3 aromatic rings. The molecule has 45 heavy (non-hydrogen) atoms. The fourth-order valence-corrected chi connectivity index (χ4v) is 5.47. The lowest BCUT2D eigenvalue weighted by atomic mass is 10.1. The Labute approximate surface area is 266 Å². The molecule has 246 valence electrons. The molecule has 11 heteroatoms. The highest BCUT2D eigenvalue weighted by atomic mass is 16.6. The first-order valence-electron chi connectivity index (χ1n) is 16.3. The second-order valence-electron chi connectivity index (χ2n) is 13.8. The van der Waals surface area contributed by atoms with Gasteiger partial charge in [0.2, 0.25) is 17.7 Å². The van der Waals surface area contributed by atoms with E-state index in [2.05, 4.69) is 51.4 Å². The Morgan fingerprint density at radius 3 is 2.42 bits per heavy atom. The van der Waals surface area contributed by atoms with Crippen LogP contribution < -0.4 is 5.32 Å². The first kappa shape index (κ1) is 34.0. The van der Waals surface area contributed by atoms with Gasteiger partial charge in [-0.25, -0.2) is 9.59 Å². The van der Waals surface area contributed by atoms with E-state index in [-0.39, 0.29) is 5.96 Å². The number of aromatic nitrogens is 3. The van der Waals surface area contributed by atoms with Gasteiger partial charge in [0.15, 0.2) is 0 Å². The number of unbranched alkanes of at least 4 members (excludes halogenated alkanes) is 6. The van der Waals surface area contributed by atoms with Crippen molar-refractivity contribution in [1.82, 2.24) is 24.9 Å². The summed E-state index contributed by atoms with van der Waals surface area (Å²) in [5.74, 6) is 0.871. The molecule has 2 amide bonds. The molecule has 1 N–H and O–H groups in total. The van der Waals surface area contributed by atoms with Gasteiger partial charge in [0.25, 0.3) is 0 Å². The molecule has 1 atom stereocenters. The normalized spacial score (nSPS) is 15.9. The van der Waals surface area contributed by atoms with Crippen molar-refractivity contribution in [3.8, 4) is 11.4 Å². The number of benzene rings is 1. The van der Waals surface area contributed by atoms with Crippen molar-refractivity contribution < 1.29 is 23.6 Å².